The number of amides is 1. The number of benzene rings is 1. The Kier molecular flexibility index (Phi) is 6.05. The lowest BCUT2D eigenvalue weighted by Gasteiger charge is -2.41. The minimum absolute atomic E-state index is 0.0303. The first-order chi connectivity index (χ1) is 10.9. The topological polar surface area (TPSA) is 55.4 Å². The Balaban J connectivity index is 1.86. The molecule has 1 aliphatic rings. The molecule has 0 saturated heterocycles. The van der Waals surface area contributed by atoms with E-state index in [1.807, 2.05) is 38.1 Å². The van der Waals surface area contributed by atoms with Crippen LogP contribution >= 0.6 is 11.6 Å². The summed E-state index contributed by atoms with van der Waals surface area (Å²) in [6, 6.07) is 7.64. The molecular formula is C18H24ClNO3. The van der Waals surface area contributed by atoms with Gasteiger partial charge < -0.3 is 10.1 Å². The van der Waals surface area contributed by atoms with Gasteiger partial charge in [-0.1, -0.05) is 29.8 Å². The predicted octanol–water partition coefficient (Wildman–Crippen LogP) is 3.96. The van der Waals surface area contributed by atoms with Crippen LogP contribution in [0.5, 0.6) is 0 Å². The lowest BCUT2D eigenvalue weighted by molar-refractivity contribution is -0.171. The molecule has 5 heteroatoms. The van der Waals surface area contributed by atoms with Crippen LogP contribution in [0, 0.1) is 0 Å². The highest BCUT2D eigenvalue weighted by Crippen LogP contribution is 2.47. The zero-order valence-corrected chi connectivity index (χ0v) is 14.5. The first kappa shape index (κ1) is 17.8. The second kappa shape index (κ2) is 7.82. The number of esters is 1. The van der Waals surface area contributed by atoms with Crippen LogP contribution in [0.25, 0.3) is 0 Å². The molecule has 126 valence electrons. The largest absolute Gasteiger partial charge is 0.454 e. The molecule has 1 aromatic carbocycles. The van der Waals surface area contributed by atoms with E-state index in [9.17, 15) is 9.59 Å². The van der Waals surface area contributed by atoms with Gasteiger partial charge in [-0.15, -0.1) is 0 Å². The van der Waals surface area contributed by atoms with Crippen molar-refractivity contribution in [1.82, 2.24) is 5.32 Å². The van der Waals surface area contributed by atoms with Gasteiger partial charge >= 0.3 is 5.97 Å². The normalized spacial score (nSPS) is 15.8. The summed E-state index contributed by atoms with van der Waals surface area (Å²) in [6.07, 6.45) is 3.71. The Bertz CT molecular complexity index is 567. The summed E-state index contributed by atoms with van der Waals surface area (Å²) in [7, 11) is 0. The summed E-state index contributed by atoms with van der Waals surface area (Å²) in [5.41, 5.74) is 0.314. The number of nitrogens with one attached hydrogen (secondary N) is 1. The van der Waals surface area contributed by atoms with E-state index in [4.69, 9.17) is 16.3 Å². The van der Waals surface area contributed by atoms with E-state index in [0.717, 1.165) is 24.8 Å². The van der Waals surface area contributed by atoms with Crippen molar-refractivity contribution in [3.8, 4) is 0 Å². The lowest BCUT2D eigenvalue weighted by Crippen LogP contribution is -2.39. The fourth-order valence-electron chi connectivity index (χ4n) is 2.81. The predicted molar refractivity (Wildman–Crippen MR) is 90.2 cm³/mol. The van der Waals surface area contributed by atoms with Gasteiger partial charge in [-0.25, -0.2) is 0 Å². The summed E-state index contributed by atoms with van der Waals surface area (Å²) >= 11 is 6.25. The number of carbonyl (C=O) groups is 2. The number of halogens is 1. The highest BCUT2D eigenvalue weighted by molar-refractivity contribution is 6.31. The second-order valence-corrected chi connectivity index (χ2v) is 6.78. The third kappa shape index (κ3) is 4.71. The standard InChI is InChI=1S/C18H24ClNO3/c1-13(2)20-16(21)9-5-10-17(22)23-18(11-6-12-18)14-7-3-4-8-15(14)19/h3-4,7-8,13H,5-6,9-12H2,1-2H3,(H,20,21). The molecule has 0 bridgehead atoms. The van der Waals surface area contributed by atoms with Crippen molar-refractivity contribution in [2.24, 2.45) is 0 Å². The number of hydrogen-bond donors (Lipinski definition) is 1. The maximum atomic E-state index is 12.1. The summed E-state index contributed by atoms with van der Waals surface area (Å²) < 4.78 is 5.75. The van der Waals surface area contributed by atoms with Crippen molar-refractivity contribution in [3.05, 3.63) is 34.9 Å². The van der Waals surface area contributed by atoms with E-state index >= 15 is 0 Å². The molecule has 23 heavy (non-hydrogen) atoms. The van der Waals surface area contributed by atoms with Crippen molar-refractivity contribution < 1.29 is 14.3 Å². The van der Waals surface area contributed by atoms with Crippen LogP contribution in [0.4, 0.5) is 0 Å². The van der Waals surface area contributed by atoms with Gasteiger partial charge in [0.05, 0.1) is 0 Å². The van der Waals surface area contributed by atoms with Gasteiger partial charge in [0.2, 0.25) is 5.91 Å². The Labute approximate surface area is 142 Å². The van der Waals surface area contributed by atoms with Crippen LogP contribution in [0.3, 0.4) is 0 Å². The van der Waals surface area contributed by atoms with Crippen LogP contribution in [-0.4, -0.2) is 17.9 Å². The molecule has 1 aliphatic carbocycles. The van der Waals surface area contributed by atoms with E-state index in [1.165, 1.54) is 0 Å². The van der Waals surface area contributed by atoms with Crippen molar-refractivity contribution in [2.75, 3.05) is 0 Å². The van der Waals surface area contributed by atoms with Crippen LogP contribution in [0.15, 0.2) is 24.3 Å². The average Bonchev–Trinajstić information content (AvgIpc) is 2.43. The Morgan fingerprint density at radius 2 is 1.96 bits per heavy atom. The van der Waals surface area contributed by atoms with Gasteiger partial charge in [0.15, 0.2) is 0 Å². The summed E-state index contributed by atoms with van der Waals surface area (Å²) in [5, 5.41) is 3.45. The van der Waals surface area contributed by atoms with Crippen LogP contribution in [0.1, 0.15) is 57.9 Å². The SMILES string of the molecule is CC(C)NC(=O)CCCC(=O)OC1(c2ccccc2Cl)CCC1. The fourth-order valence-corrected chi connectivity index (χ4v) is 3.12. The molecule has 0 radical (unpaired) electrons. The molecule has 0 aromatic heterocycles. The number of carbonyl (C=O) groups excluding carboxylic acids is 2. The molecule has 1 aromatic rings. The Morgan fingerprint density at radius 1 is 1.26 bits per heavy atom. The van der Waals surface area contributed by atoms with Gasteiger partial charge in [0, 0.05) is 29.5 Å². The number of ether oxygens (including phenoxy) is 1. The third-order valence-electron chi connectivity index (χ3n) is 4.07. The highest BCUT2D eigenvalue weighted by Gasteiger charge is 2.43. The van der Waals surface area contributed by atoms with Gasteiger partial charge in [-0.2, -0.15) is 0 Å². The molecule has 1 fully saturated rings. The second-order valence-electron chi connectivity index (χ2n) is 6.38. The van der Waals surface area contributed by atoms with Crippen molar-refractivity contribution in [2.45, 2.75) is 64.0 Å². The molecule has 0 heterocycles. The highest BCUT2D eigenvalue weighted by atomic mass is 35.5. The molecular weight excluding hydrogens is 314 g/mol. The van der Waals surface area contributed by atoms with Crippen molar-refractivity contribution in [3.63, 3.8) is 0 Å². The van der Waals surface area contributed by atoms with E-state index in [-0.39, 0.29) is 24.3 Å². The lowest BCUT2D eigenvalue weighted by atomic mass is 9.74. The van der Waals surface area contributed by atoms with Gasteiger partial charge in [-0.05, 0) is 45.6 Å². The Hall–Kier alpha value is -1.55. The molecule has 1 saturated carbocycles. The Morgan fingerprint density at radius 3 is 2.52 bits per heavy atom. The number of rotatable bonds is 7. The average molecular weight is 338 g/mol. The molecule has 1 N–H and O–H groups in total. The van der Waals surface area contributed by atoms with Crippen molar-refractivity contribution in [1.29, 1.82) is 0 Å². The molecule has 0 atom stereocenters. The van der Waals surface area contributed by atoms with E-state index in [1.54, 1.807) is 0 Å². The van der Waals surface area contributed by atoms with Crippen molar-refractivity contribution >= 4 is 23.5 Å². The third-order valence-corrected chi connectivity index (χ3v) is 4.40. The maximum absolute atomic E-state index is 12.1. The monoisotopic (exact) mass is 337 g/mol. The summed E-state index contributed by atoms with van der Waals surface area (Å²) in [4.78, 5) is 23.7. The smallest absolute Gasteiger partial charge is 0.306 e. The quantitative estimate of drug-likeness (QED) is 0.766. The number of hydrogen-bond acceptors (Lipinski definition) is 3. The fraction of sp³-hybridized carbons (Fsp3) is 0.556. The molecule has 0 aliphatic heterocycles. The van der Waals surface area contributed by atoms with Crippen LogP contribution < -0.4 is 5.32 Å². The van der Waals surface area contributed by atoms with E-state index in [2.05, 4.69) is 5.32 Å². The van der Waals surface area contributed by atoms with Gasteiger partial charge in [-0.3, -0.25) is 9.59 Å². The molecule has 1 amide bonds. The van der Waals surface area contributed by atoms with Crippen LogP contribution in [-0.2, 0) is 19.9 Å². The maximum Gasteiger partial charge on any atom is 0.306 e. The molecule has 2 rings (SSSR count). The van der Waals surface area contributed by atoms with Gasteiger partial charge in [0.1, 0.15) is 5.60 Å². The van der Waals surface area contributed by atoms with Gasteiger partial charge in [0.25, 0.3) is 0 Å². The van der Waals surface area contributed by atoms with E-state index in [0.29, 0.717) is 17.9 Å². The summed E-state index contributed by atoms with van der Waals surface area (Å²) in [5.74, 6) is -0.292. The first-order valence-electron chi connectivity index (χ1n) is 8.19. The minimum Gasteiger partial charge on any atom is -0.454 e. The van der Waals surface area contributed by atoms with E-state index < -0.39 is 5.60 Å². The summed E-state index contributed by atoms with van der Waals surface area (Å²) in [6.45, 7) is 3.83. The molecule has 0 unspecified atom stereocenters. The first-order valence-corrected chi connectivity index (χ1v) is 8.57. The minimum atomic E-state index is -0.574. The molecule has 4 nitrogen and oxygen atoms in total. The zero-order valence-electron chi connectivity index (χ0n) is 13.7. The zero-order chi connectivity index (χ0) is 16.9. The molecule has 0 spiro atoms. The van der Waals surface area contributed by atoms with Crippen LogP contribution in [0.2, 0.25) is 5.02 Å².